The average Bonchev–Trinajstić information content (AvgIpc) is 4.00. The van der Waals surface area contributed by atoms with Gasteiger partial charge in [0.1, 0.15) is 30.7 Å². The first-order valence-corrected chi connectivity index (χ1v) is 29.0. The summed E-state index contributed by atoms with van der Waals surface area (Å²) in [7, 11) is -10.9. The molecule has 2 aliphatic rings. The second kappa shape index (κ2) is 35.2. The number of phosphoric acid groups is 2. The second-order valence-corrected chi connectivity index (χ2v) is 21.9. The number of esters is 2. The molecule has 6 N–H and O–H groups in total. The van der Waals surface area contributed by atoms with Gasteiger partial charge in [0, 0.05) is 19.0 Å². The molecule has 21 heteroatoms. The third-order valence-corrected chi connectivity index (χ3v) is 14.7. The smallest absolute Gasteiger partial charge is 0.462 e. The summed E-state index contributed by atoms with van der Waals surface area (Å²) in [6.45, 7) is 4.37. The minimum atomic E-state index is -5.44. The van der Waals surface area contributed by atoms with Crippen molar-refractivity contribution in [2.45, 2.75) is 218 Å². The van der Waals surface area contributed by atoms with E-state index in [-0.39, 0.29) is 24.8 Å². The van der Waals surface area contributed by atoms with Crippen molar-refractivity contribution < 1.29 is 71.0 Å². The van der Waals surface area contributed by atoms with E-state index in [2.05, 4.69) is 54.4 Å². The molecule has 0 radical (unpaired) electrons. The molecule has 0 bridgehead atoms. The summed E-state index contributed by atoms with van der Waals surface area (Å²) < 4.78 is 62.5. The number of unbranched alkanes of at least 4 members (excludes halogenated alkanes) is 15. The molecule has 2 fully saturated rings. The summed E-state index contributed by atoms with van der Waals surface area (Å²) in [5, 5.41) is 20.9. The number of nitrogen functional groups attached to an aromatic ring is 1. The van der Waals surface area contributed by atoms with E-state index < -0.39 is 83.7 Å². The number of phosphoric ester groups is 2. The van der Waals surface area contributed by atoms with E-state index in [0.29, 0.717) is 25.4 Å². The Labute approximate surface area is 421 Å². The SMILES string of the molecule is CCCCC/C=C\CC1OC1C/C=C\C/C=C\CCCC(=O)OC[C@H](COP(=O)(O)OP(=O)(O)OC[C@H]1O[C@@H](n2ccc(N)nc2=O)[C@H](O)[C@@H]1O)OC(=O)CCCCCCCCCCCCCCC(C)C. The summed E-state index contributed by atoms with van der Waals surface area (Å²) in [6.07, 6.45) is 29.8. The van der Waals surface area contributed by atoms with Crippen LogP contribution in [-0.4, -0.2) is 97.9 Å². The molecule has 3 heterocycles. The van der Waals surface area contributed by atoms with Crippen molar-refractivity contribution in [1.29, 1.82) is 0 Å². The van der Waals surface area contributed by atoms with Crippen molar-refractivity contribution in [3.05, 3.63) is 59.2 Å². The number of nitrogens with zero attached hydrogens (tertiary/aromatic N) is 2. The first-order chi connectivity index (χ1) is 34.0. The maximum absolute atomic E-state index is 12.9. The number of nitrogens with two attached hydrogens (primary N) is 1. The molecule has 0 spiro atoms. The number of carbonyl (C=O) groups excluding carboxylic acids is 2. The van der Waals surface area contributed by atoms with Crippen molar-refractivity contribution in [2.75, 3.05) is 25.6 Å². The molecular formula is C50H85N3O16P2. The molecular weight excluding hydrogens is 961 g/mol. The molecule has 71 heavy (non-hydrogen) atoms. The predicted octanol–water partition coefficient (Wildman–Crippen LogP) is 9.62. The highest BCUT2D eigenvalue weighted by Gasteiger charge is 2.46. The molecule has 19 nitrogen and oxygen atoms in total. The van der Waals surface area contributed by atoms with Crippen LogP contribution in [0.25, 0.3) is 0 Å². The van der Waals surface area contributed by atoms with E-state index in [1.165, 1.54) is 76.7 Å². The van der Waals surface area contributed by atoms with Gasteiger partial charge in [-0.05, 0) is 63.4 Å². The van der Waals surface area contributed by atoms with Crippen LogP contribution in [-0.2, 0) is 51.0 Å². The van der Waals surface area contributed by atoms with Crippen LogP contribution >= 0.6 is 15.6 Å². The van der Waals surface area contributed by atoms with E-state index >= 15 is 0 Å². The lowest BCUT2D eigenvalue weighted by Crippen LogP contribution is -2.36. The minimum Gasteiger partial charge on any atom is -0.462 e. The van der Waals surface area contributed by atoms with Gasteiger partial charge in [-0.3, -0.25) is 23.2 Å². The first kappa shape index (κ1) is 62.2. The number of epoxide rings is 1. The minimum absolute atomic E-state index is 0.0373. The topological polar surface area (TPSA) is 278 Å². The van der Waals surface area contributed by atoms with Gasteiger partial charge in [0.05, 0.1) is 25.4 Å². The molecule has 2 aliphatic heterocycles. The average molecular weight is 1050 g/mol. The van der Waals surface area contributed by atoms with Gasteiger partial charge in [0.15, 0.2) is 12.3 Å². The molecule has 4 unspecified atom stereocenters. The van der Waals surface area contributed by atoms with Crippen molar-refractivity contribution in [2.24, 2.45) is 5.92 Å². The maximum atomic E-state index is 12.9. The number of aliphatic hydroxyl groups excluding tert-OH is 2. The Morgan fingerprint density at radius 3 is 1.96 bits per heavy atom. The second-order valence-electron chi connectivity index (χ2n) is 18.9. The largest absolute Gasteiger partial charge is 0.481 e. The molecule has 0 amide bonds. The van der Waals surface area contributed by atoms with Crippen LogP contribution in [0.3, 0.4) is 0 Å². The van der Waals surface area contributed by atoms with Crippen LogP contribution in [0.15, 0.2) is 53.5 Å². The number of aliphatic hydroxyl groups is 2. The third kappa shape index (κ3) is 28.3. The Hall–Kier alpha value is -3.06. The van der Waals surface area contributed by atoms with Gasteiger partial charge in [-0.15, -0.1) is 0 Å². The molecule has 3 rings (SSSR count). The molecule has 0 aromatic carbocycles. The fourth-order valence-corrected chi connectivity index (χ4v) is 10.00. The van der Waals surface area contributed by atoms with Crippen LogP contribution in [0.4, 0.5) is 5.82 Å². The molecule has 0 aliphatic carbocycles. The Kier molecular flexibility index (Phi) is 30.9. The number of anilines is 1. The highest BCUT2D eigenvalue weighted by Crippen LogP contribution is 2.60. The quantitative estimate of drug-likeness (QED) is 0.0134. The number of ether oxygens (including phenoxy) is 4. The number of rotatable bonds is 41. The van der Waals surface area contributed by atoms with E-state index in [1.807, 2.05) is 12.2 Å². The van der Waals surface area contributed by atoms with Gasteiger partial charge in [0.2, 0.25) is 0 Å². The Balaban J connectivity index is 1.40. The number of allylic oxidation sites excluding steroid dienone is 4. The third-order valence-electron chi connectivity index (χ3n) is 12.1. The maximum Gasteiger partial charge on any atom is 0.481 e. The van der Waals surface area contributed by atoms with Crippen LogP contribution in [0, 0.1) is 5.92 Å². The number of aromatic nitrogens is 2. The number of hydrogen-bond donors (Lipinski definition) is 5. The molecule has 1 aromatic heterocycles. The standard InChI is InChI=1S/C50H85N3O16P2/c1-4-5-6-7-20-25-30-41-42(67-41)31-26-21-16-14-18-22-27-32-45(54)63-36-40(66-46(55)33-28-23-17-13-11-9-8-10-12-15-19-24-29-39(2)3)37-64-70(59,60)69-71(61,62)65-38-43-47(56)48(57)49(68-43)53-35-34-44(51)52-50(53)58/h14,18,20-21,25-26,34-35,39-43,47-49,56-57H,4-13,15-17,19,22-24,27-33,36-38H2,1-3H3,(H,59,60)(H,61,62)(H2,51,52,58)/b18-14-,25-20-,26-21-/t40-,41?,42?,43-,47-,48-,49-/m1/s1. The fraction of sp³-hybridized carbons (Fsp3) is 0.760. The van der Waals surface area contributed by atoms with Crippen LogP contribution in [0.1, 0.15) is 181 Å². The lowest BCUT2D eigenvalue weighted by atomic mass is 10.0. The van der Waals surface area contributed by atoms with Crippen molar-refractivity contribution in [3.8, 4) is 0 Å². The number of hydrogen-bond acceptors (Lipinski definition) is 16. The summed E-state index contributed by atoms with van der Waals surface area (Å²) in [6, 6.07) is 1.25. The van der Waals surface area contributed by atoms with E-state index in [4.69, 9.17) is 33.7 Å². The summed E-state index contributed by atoms with van der Waals surface area (Å²) in [4.78, 5) is 62.0. The Bertz CT molecular complexity index is 1910. The van der Waals surface area contributed by atoms with Crippen LogP contribution in [0.2, 0.25) is 0 Å². The van der Waals surface area contributed by atoms with Crippen LogP contribution < -0.4 is 11.4 Å². The zero-order valence-corrected chi connectivity index (χ0v) is 44.2. The molecule has 0 saturated carbocycles. The Morgan fingerprint density at radius 2 is 1.31 bits per heavy atom. The first-order valence-electron chi connectivity index (χ1n) is 26.0. The van der Waals surface area contributed by atoms with E-state index in [9.17, 15) is 43.5 Å². The highest BCUT2D eigenvalue weighted by molar-refractivity contribution is 7.61. The van der Waals surface area contributed by atoms with Crippen molar-refractivity contribution >= 4 is 33.4 Å². The number of carbonyl (C=O) groups is 2. The molecule has 9 atom stereocenters. The molecule has 2 saturated heterocycles. The summed E-state index contributed by atoms with van der Waals surface area (Å²) in [5.74, 6) is -0.597. The fourth-order valence-electron chi connectivity index (χ4n) is 7.89. The van der Waals surface area contributed by atoms with Gasteiger partial charge >= 0.3 is 33.3 Å². The summed E-state index contributed by atoms with van der Waals surface area (Å²) in [5.41, 5.74) is 4.59. The van der Waals surface area contributed by atoms with Gasteiger partial charge in [-0.2, -0.15) is 9.29 Å². The van der Waals surface area contributed by atoms with Crippen molar-refractivity contribution in [3.63, 3.8) is 0 Å². The van der Waals surface area contributed by atoms with E-state index in [0.717, 1.165) is 68.0 Å². The van der Waals surface area contributed by atoms with Crippen LogP contribution in [0.5, 0.6) is 0 Å². The van der Waals surface area contributed by atoms with Gasteiger partial charge in [-0.1, -0.05) is 147 Å². The normalized spacial score (nSPS) is 22.4. The van der Waals surface area contributed by atoms with Crippen molar-refractivity contribution in [1.82, 2.24) is 9.55 Å². The summed E-state index contributed by atoms with van der Waals surface area (Å²) >= 11 is 0. The van der Waals surface area contributed by atoms with Gasteiger partial charge in [0.25, 0.3) is 0 Å². The zero-order chi connectivity index (χ0) is 51.9. The van der Waals surface area contributed by atoms with Gasteiger partial charge in [-0.25, -0.2) is 13.9 Å². The highest BCUT2D eigenvalue weighted by atomic mass is 31.3. The molecule has 1 aromatic rings. The Morgan fingerprint density at radius 1 is 0.732 bits per heavy atom. The molecule has 406 valence electrons. The lowest BCUT2D eigenvalue weighted by molar-refractivity contribution is -0.161. The monoisotopic (exact) mass is 1050 g/mol. The van der Waals surface area contributed by atoms with E-state index in [1.54, 1.807) is 0 Å². The predicted molar refractivity (Wildman–Crippen MR) is 270 cm³/mol. The lowest BCUT2D eigenvalue weighted by Gasteiger charge is -2.21. The van der Waals surface area contributed by atoms with Gasteiger partial charge < -0.3 is 44.7 Å². The zero-order valence-electron chi connectivity index (χ0n) is 42.4.